The minimum absolute atomic E-state index is 0.0122. The van der Waals surface area contributed by atoms with Crippen molar-refractivity contribution in [2.24, 2.45) is 25.9 Å². The Balaban J connectivity index is 0.806. The van der Waals surface area contributed by atoms with Crippen LogP contribution in [0.3, 0.4) is 0 Å². The molecule has 0 bridgehead atoms. The maximum absolute atomic E-state index is 14.8. The first-order valence-electron chi connectivity index (χ1n) is 29.8. The lowest BCUT2D eigenvalue weighted by molar-refractivity contribution is -0.140. The van der Waals surface area contributed by atoms with Crippen LogP contribution in [0, 0.1) is 23.5 Å². The standard InChI is InChI=1S/C60H84F2N12O10/c1-37(63-3)53(75)67-49(39-13-9-7-10-14-39)57(79)71-23-27-73(28-24-71)59(81)51-47(43-35-41(61)17-19-45(43)69(51)5)55(77)65-21-31-83-33-34-84-32-22-66-56(78)48-44-36-42(62)18-20-46(44)70(6)52(48)60(82)74-29-25-72(26-30-74)58(80)50(40-15-11-8-12-16-40)68-54(76)38(2)64-4/h17-20,35-40,49-50,63-64H,7-16,21-34H2,1-6H3,(H,65,77)(H,66,78)(H,67,75)(H,68,76)/t37-,38-,49-,50-/m0/s1. The highest BCUT2D eigenvalue weighted by Gasteiger charge is 2.40. The third-order valence-electron chi connectivity index (χ3n) is 17.4. The molecule has 24 heteroatoms. The Kier molecular flexibility index (Phi) is 21.9. The summed E-state index contributed by atoms with van der Waals surface area (Å²) >= 11 is 0. The third kappa shape index (κ3) is 14.5. The van der Waals surface area contributed by atoms with Crippen molar-refractivity contribution in [1.82, 2.24) is 60.6 Å². The number of halogens is 2. The van der Waals surface area contributed by atoms with Gasteiger partial charge in [-0.15, -0.1) is 0 Å². The molecule has 4 aromatic rings. The average molecular weight is 1170 g/mol. The van der Waals surface area contributed by atoms with Crippen molar-refractivity contribution in [3.63, 3.8) is 0 Å². The van der Waals surface area contributed by atoms with Crippen LogP contribution >= 0.6 is 0 Å². The minimum Gasteiger partial charge on any atom is -0.377 e. The van der Waals surface area contributed by atoms with Crippen LogP contribution in [0.25, 0.3) is 21.8 Å². The van der Waals surface area contributed by atoms with Crippen molar-refractivity contribution in [3.8, 4) is 0 Å². The van der Waals surface area contributed by atoms with E-state index < -0.39 is 59.4 Å². The monoisotopic (exact) mass is 1170 g/mol. The molecule has 8 rings (SSSR count). The summed E-state index contributed by atoms with van der Waals surface area (Å²) in [7, 11) is 6.67. The van der Waals surface area contributed by atoms with Gasteiger partial charge < -0.3 is 70.1 Å². The van der Waals surface area contributed by atoms with E-state index in [1.165, 1.54) is 36.4 Å². The quantitative estimate of drug-likeness (QED) is 0.0587. The van der Waals surface area contributed by atoms with Gasteiger partial charge in [0.05, 0.1) is 49.6 Å². The number of carbonyl (C=O) groups excluding carboxylic acids is 8. The van der Waals surface area contributed by atoms with Crippen LogP contribution in [0.15, 0.2) is 36.4 Å². The second kappa shape index (κ2) is 29.2. The van der Waals surface area contributed by atoms with Crippen LogP contribution in [0.5, 0.6) is 0 Å². The molecule has 2 aliphatic carbocycles. The first kappa shape index (κ1) is 63.0. The van der Waals surface area contributed by atoms with Gasteiger partial charge in [0.2, 0.25) is 23.6 Å². The van der Waals surface area contributed by atoms with E-state index in [0.29, 0.717) is 11.0 Å². The Morgan fingerprint density at radius 1 is 0.512 bits per heavy atom. The van der Waals surface area contributed by atoms with E-state index in [0.717, 1.165) is 64.2 Å². The van der Waals surface area contributed by atoms with Crippen molar-refractivity contribution in [2.45, 2.75) is 102 Å². The number of amides is 8. The topological polar surface area (TPSA) is 250 Å². The lowest BCUT2D eigenvalue weighted by atomic mass is 9.83. The Bertz CT molecular complexity index is 2830. The number of benzene rings is 2. The second-order valence-electron chi connectivity index (χ2n) is 22.6. The van der Waals surface area contributed by atoms with Crippen LogP contribution < -0.4 is 31.9 Å². The molecule has 458 valence electrons. The highest BCUT2D eigenvalue weighted by molar-refractivity contribution is 6.17. The van der Waals surface area contributed by atoms with Gasteiger partial charge in [-0.2, -0.15) is 0 Å². The first-order valence-corrected chi connectivity index (χ1v) is 29.8. The molecular formula is C60H84F2N12O10. The molecule has 84 heavy (non-hydrogen) atoms. The van der Waals surface area contributed by atoms with E-state index in [1.54, 1.807) is 70.8 Å². The van der Waals surface area contributed by atoms with Crippen LogP contribution in [-0.2, 0) is 42.7 Å². The van der Waals surface area contributed by atoms with Gasteiger partial charge in [-0.1, -0.05) is 38.5 Å². The molecule has 2 aromatic carbocycles. The number of likely N-dealkylation sites (N-methyl/N-ethyl adjacent to an activating group) is 2. The molecule has 8 amide bonds. The van der Waals surface area contributed by atoms with E-state index >= 15 is 0 Å². The maximum Gasteiger partial charge on any atom is 0.271 e. The summed E-state index contributed by atoms with van der Waals surface area (Å²) < 4.78 is 44.1. The van der Waals surface area contributed by atoms with Gasteiger partial charge in [0.1, 0.15) is 35.1 Å². The van der Waals surface area contributed by atoms with E-state index in [9.17, 15) is 47.1 Å². The molecule has 2 saturated heterocycles. The van der Waals surface area contributed by atoms with Crippen LogP contribution in [0.2, 0.25) is 0 Å². The minimum atomic E-state index is -0.675. The Hall–Kier alpha value is -7.02. The summed E-state index contributed by atoms with van der Waals surface area (Å²) in [5.41, 5.74) is 1.13. The summed E-state index contributed by atoms with van der Waals surface area (Å²) in [6.45, 7) is 5.58. The van der Waals surface area contributed by atoms with E-state index in [-0.39, 0.29) is 161 Å². The maximum atomic E-state index is 14.8. The zero-order chi connectivity index (χ0) is 60.2. The van der Waals surface area contributed by atoms with Crippen LogP contribution in [0.4, 0.5) is 8.78 Å². The molecule has 0 spiro atoms. The summed E-state index contributed by atoms with van der Waals surface area (Å²) in [4.78, 5) is 117. The van der Waals surface area contributed by atoms with Gasteiger partial charge in [-0.3, -0.25) is 38.4 Å². The fourth-order valence-corrected chi connectivity index (χ4v) is 12.2. The fraction of sp³-hybridized carbons (Fsp3) is 0.600. The zero-order valence-corrected chi connectivity index (χ0v) is 49.4. The van der Waals surface area contributed by atoms with E-state index in [4.69, 9.17) is 9.47 Å². The van der Waals surface area contributed by atoms with E-state index in [2.05, 4.69) is 31.9 Å². The molecule has 2 aliphatic heterocycles. The largest absolute Gasteiger partial charge is 0.377 e. The summed E-state index contributed by atoms with van der Waals surface area (Å²) in [6, 6.07) is 5.70. The molecule has 6 N–H and O–H groups in total. The number of nitrogens with one attached hydrogen (secondary N) is 6. The predicted octanol–water partition coefficient (Wildman–Crippen LogP) is 3.06. The van der Waals surface area contributed by atoms with Crippen molar-refractivity contribution >= 4 is 69.1 Å². The van der Waals surface area contributed by atoms with Crippen LogP contribution in [0.1, 0.15) is 120 Å². The summed E-state index contributed by atoms with van der Waals surface area (Å²) in [5.74, 6) is -4.07. The smallest absolute Gasteiger partial charge is 0.271 e. The normalized spacial score (nSPS) is 17.9. The number of ether oxygens (including phenoxy) is 2. The molecule has 4 fully saturated rings. The lowest BCUT2D eigenvalue weighted by Crippen LogP contribution is -2.59. The van der Waals surface area contributed by atoms with Gasteiger partial charge in [0.25, 0.3) is 23.6 Å². The molecule has 4 heterocycles. The highest BCUT2D eigenvalue weighted by atomic mass is 19.1. The number of hydrogen-bond acceptors (Lipinski definition) is 12. The third-order valence-corrected chi connectivity index (χ3v) is 17.4. The summed E-state index contributed by atoms with van der Waals surface area (Å²) in [6.07, 6.45) is 9.47. The molecular weight excluding hydrogens is 1090 g/mol. The molecule has 2 saturated carbocycles. The first-order chi connectivity index (χ1) is 40.4. The van der Waals surface area contributed by atoms with Crippen LogP contribution in [-0.4, -0.2) is 206 Å². The van der Waals surface area contributed by atoms with Gasteiger partial charge in [0, 0.05) is 101 Å². The SMILES string of the molecule is CN[C@@H](C)C(=O)N[C@H](C(=O)N1CCN(C(=O)c2c(C(=O)NCCOCCOCCNC(=O)c3c(C(=O)N4CCN(C(=O)[C@@H](NC(=O)[C@H](C)NC)C5CCCCC5)CC4)n(C)c4ccc(F)cc34)c3cc(F)ccc3n2C)CC1)C1CCCCC1. The molecule has 2 aromatic heterocycles. The number of aryl methyl sites for hydroxylation is 2. The lowest BCUT2D eigenvalue weighted by Gasteiger charge is -2.39. The number of nitrogens with zero attached hydrogens (tertiary/aromatic N) is 6. The van der Waals surface area contributed by atoms with Gasteiger partial charge in [-0.05, 0) is 102 Å². The van der Waals surface area contributed by atoms with Gasteiger partial charge in [-0.25, -0.2) is 8.78 Å². The number of hydrogen-bond donors (Lipinski definition) is 6. The van der Waals surface area contributed by atoms with Crippen molar-refractivity contribution < 1.29 is 56.6 Å². The van der Waals surface area contributed by atoms with Gasteiger partial charge >= 0.3 is 0 Å². The van der Waals surface area contributed by atoms with Crippen molar-refractivity contribution in [1.29, 1.82) is 0 Å². The van der Waals surface area contributed by atoms with E-state index in [1.807, 2.05) is 0 Å². The molecule has 22 nitrogen and oxygen atoms in total. The molecule has 4 aliphatic rings. The number of piperazine rings is 2. The van der Waals surface area contributed by atoms with Gasteiger partial charge in [0.15, 0.2) is 0 Å². The number of carbonyl (C=O) groups is 8. The molecule has 4 atom stereocenters. The number of rotatable bonds is 23. The highest BCUT2D eigenvalue weighted by Crippen LogP contribution is 2.32. The fourth-order valence-electron chi connectivity index (χ4n) is 12.2. The zero-order valence-electron chi connectivity index (χ0n) is 49.4. The Labute approximate surface area is 489 Å². The second-order valence-corrected chi connectivity index (χ2v) is 22.6. The Morgan fingerprint density at radius 3 is 1.20 bits per heavy atom. The predicted molar refractivity (Wildman–Crippen MR) is 311 cm³/mol. The average Bonchev–Trinajstić information content (AvgIpc) is 1.98. The van der Waals surface area contributed by atoms with Crippen molar-refractivity contribution in [3.05, 3.63) is 70.5 Å². The number of fused-ring (bicyclic) bond motifs is 2. The summed E-state index contributed by atoms with van der Waals surface area (Å²) in [5, 5.41) is 18.0. The molecule has 0 radical (unpaired) electrons. The Morgan fingerprint density at radius 2 is 0.857 bits per heavy atom. The van der Waals surface area contributed by atoms with Crippen molar-refractivity contribution in [2.75, 3.05) is 106 Å². The molecule has 0 unspecified atom stereocenters. The number of aromatic nitrogens is 2.